The minimum Gasteiger partial charge on any atom is -0.366 e. The molecule has 0 fully saturated rings. The molecule has 108 valence electrons. The molecule has 1 aromatic heterocycles. The molecule has 0 aliphatic rings. The average molecular weight is 268 g/mol. The van der Waals surface area contributed by atoms with Gasteiger partial charge in [-0.3, -0.25) is 4.79 Å². The minimum absolute atomic E-state index is 0.133. The smallest absolute Gasteiger partial charge is 0.252 e. The van der Waals surface area contributed by atoms with E-state index in [0.717, 1.165) is 18.8 Å². The maximum Gasteiger partial charge on any atom is 0.252 e. The number of hydrogen-bond donors (Lipinski definition) is 1. The van der Waals surface area contributed by atoms with Crippen LogP contribution in [0.25, 0.3) is 0 Å². The van der Waals surface area contributed by atoms with Crippen molar-refractivity contribution >= 4 is 5.91 Å². The van der Waals surface area contributed by atoms with E-state index in [1.165, 1.54) is 6.33 Å². The van der Waals surface area contributed by atoms with Gasteiger partial charge in [0.1, 0.15) is 17.8 Å². The molecule has 1 N–H and O–H groups in total. The van der Waals surface area contributed by atoms with Gasteiger partial charge in [0.05, 0.1) is 6.04 Å². The van der Waals surface area contributed by atoms with Crippen LogP contribution in [0.3, 0.4) is 0 Å². The Morgan fingerprint density at radius 3 is 2.68 bits per heavy atom. The topological polar surface area (TPSA) is 69.0 Å². The van der Waals surface area contributed by atoms with Crippen molar-refractivity contribution in [1.82, 2.24) is 20.1 Å². The monoisotopic (exact) mass is 268 g/mol. The molecule has 0 aliphatic heterocycles. The number of amides is 1. The molecule has 1 amide bonds. The molecule has 0 saturated carbocycles. The van der Waals surface area contributed by atoms with E-state index in [4.69, 9.17) is 4.74 Å². The number of aromatic nitrogens is 3. The summed E-state index contributed by atoms with van der Waals surface area (Å²) in [4.78, 5) is 16.5. The van der Waals surface area contributed by atoms with Crippen molar-refractivity contribution in [1.29, 1.82) is 0 Å². The molecule has 0 aliphatic carbocycles. The van der Waals surface area contributed by atoms with Crippen LogP contribution in [0, 0.1) is 0 Å². The molecule has 1 aromatic rings. The molecule has 0 aromatic carbocycles. The van der Waals surface area contributed by atoms with Crippen LogP contribution in [0.4, 0.5) is 0 Å². The first-order valence-electron chi connectivity index (χ1n) is 6.78. The number of ether oxygens (including phenoxy) is 1. The normalized spacial score (nSPS) is 13.3. The molecular weight excluding hydrogens is 244 g/mol. The Kier molecular flexibility index (Phi) is 5.47. The highest BCUT2D eigenvalue weighted by Crippen LogP contribution is 2.17. The Morgan fingerprint density at radius 2 is 2.16 bits per heavy atom. The van der Waals surface area contributed by atoms with Crippen molar-refractivity contribution in [2.75, 3.05) is 6.61 Å². The summed E-state index contributed by atoms with van der Waals surface area (Å²) >= 11 is 0. The van der Waals surface area contributed by atoms with Crippen LogP contribution < -0.4 is 5.32 Å². The van der Waals surface area contributed by atoms with E-state index in [9.17, 15) is 4.79 Å². The zero-order valence-corrected chi connectivity index (χ0v) is 12.4. The Bertz CT molecular complexity index is 415. The van der Waals surface area contributed by atoms with Gasteiger partial charge in [-0.15, -0.1) is 0 Å². The molecule has 0 spiro atoms. The Hall–Kier alpha value is -1.43. The Morgan fingerprint density at radius 1 is 1.47 bits per heavy atom. The summed E-state index contributed by atoms with van der Waals surface area (Å²) < 4.78 is 7.25. The third kappa shape index (κ3) is 3.76. The first kappa shape index (κ1) is 15.6. The van der Waals surface area contributed by atoms with Crippen LogP contribution in [0.1, 0.15) is 52.9 Å². The molecule has 6 nitrogen and oxygen atoms in total. The summed E-state index contributed by atoms with van der Waals surface area (Å²) in [6.45, 7) is 10.6. The first-order valence-corrected chi connectivity index (χ1v) is 6.78. The van der Waals surface area contributed by atoms with Gasteiger partial charge in [-0.2, -0.15) is 5.10 Å². The summed E-state index contributed by atoms with van der Waals surface area (Å²) in [5.74, 6) is 0.650. The summed E-state index contributed by atoms with van der Waals surface area (Å²) in [5.41, 5.74) is -0.834. The fraction of sp³-hybridized carbons (Fsp3) is 0.769. The standard InChI is InChI=1S/C13H24N4O2/c1-6-10(11-14-9-15-17(11)7-2)16-12(18)13(4,5)19-8-3/h9-10H,6-8H2,1-5H3,(H,16,18). The maximum absolute atomic E-state index is 12.2. The average Bonchev–Trinajstić information content (AvgIpc) is 2.83. The van der Waals surface area contributed by atoms with Crippen LogP contribution in [-0.2, 0) is 16.1 Å². The van der Waals surface area contributed by atoms with E-state index < -0.39 is 5.60 Å². The van der Waals surface area contributed by atoms with Crippen molar-refractivity contribution < 1.29 is 9.53 Å². The van der Waals surface area contributed by atoms with E-state index in [1.54, 1.807) is 18.5 Å². The molecule has 0 saturated heterocycles. The molecule has 6 heteroatoms. The van der Waals surface area contributed by atoms with E-state index >= 15 is 0 Å². The molecular formula is C13H24N4O2. The third-order valence-corrected chi connectivity index (χ3v) is 3.02. The summed E-state index contributed by atoms with van der Waals surface area (Å²) in [6, 6.07) is -0.144. The van der Waals surface area contributed by atoms with E-state index in [1.807, 2.05) is 20.8 Å². The Balaban J connectivity index is 2.80. The second-order valence-corrected chi connectivity index (χ2v) is 4.81. The summed E-state index contributed by atoms with van der Waals surface area (Å²) in [5, 5.41) is 7.11. The molecule has 0 bridgehead atoms. The van der Waals surface area contributed by atoms with Crippen LogP contribution in [0.5, 0.6) is 0 Å². The second kappa shape index (κ2) is 6.65. The maximum atomic E-state index is 12.2. The molecule has 1 atom stereocenters. The predicted molar refractivity (Wildman–Crippen MR) is 72.6 cm³/mol. The number of rotatable bonds is 7. The van der Waals surface area contributed by atoms with Gasteiger partial charge in [0.25, 0.3) is 5.91 Å². The van der Waals surface area contributed by atoms with Gasteiger partial charge in [-0.05, 0) is 34.1 Å². The van der Waals surface area contributed by atoms with Crippen LogP contribution >= 0.6 is 0 Å². The number of carbonyl (C=O) groups is 1. The fourth-order valence-electron chi connectivity index (χ4n) is 1.89. The molecule has 0 radical (unpaired) electrons. The Labute approximate surface area is 114 Å². The third-order valence-electron chi connectivity index (χ3n) is 3.02. The zero-order valence-electron chi connectivity index (χ0n) is 12.4. The van der Waals surface area contributed by atoms with Crippen LogP contribution in [-0.4, -0.2) is 32.9 Å². The van der Waals surface area contributed by atoms with Crippen molar-refractivity contribution in [3.05, 3.63) is 12.2 Å². The largest absolute Gasteiger partial charge is 0.366 e. The highest BCUT2D eigenvalue weighted by molar-refractivity contribution is 5.84. The zero-order chi connectivity index (χ0) is 14.5. The summed E-state index contributed by atoms with van der Waals surface area (Å²) in [6.07, 6.45) is 2.27. The van der Waals surface area contributed by atoms with Gasteiger partial charge >= 0.3 is 0 Å². The van der Waals surface area contributed by atoms with Gasteiger partial charge in [-0.25, -0.2) is 9.67 Å². The number of nitrogens with one attached hydrogen (secondary N) is 1. The lowest BCUT2D eigenvalue weighted by atomic mass is 10.1. The number of hydrogen-bond acceptors (Lipinski definition) is 4. The quantitative estimate of drug-likeness (QED) is 0.817. The molecule has 1 rings (SSSR count). The number of nitrogens with zero attached hydrogens (tertiary/aromatic N) is 3. The highest BCUT2D eigenvalue weighted by Gasteiger charge is 2.30. The predicted octanol–water partition coefficient (Wildman–Crippen LogP) is 1.68. The van der Waals surface area contributed by atoms with Crippen molar-refractivity contribution in [3.63, 3.8) is 0 Å². The van der Waals surface area contributed by atoms with Crippen molar-refractivity contribution in [2.45, 2.75) is 59.2 Å². The molecule has 19 heavy (non-hydrogen) atoms. The minimum atomic E-state index is -0.834. The fourth-order valence-corrected chi connectivity index (χ4v) is 1.89. The lowest BCUT2D eigenvalue weighted by molar-refractivity contribution is -0.143. The number of carbonyl (C=O) groups excluding carboxylic acids is 1. The van der Waals surface area contributed by atoms with Crippen LogP contribution in [0.15, 0.2) is 6.33 Å². The molecule has 1 heterocycles. The summed E-state index contributed by atoms with van der Waals surface area (Å²) in [7, 11) is 0. The first-order chi connectivity index (χ1) is 8.96. The number of aryl methyl sites for hydroxylation is 1. The van der Waals surface area contributed by atoms with Gasteiger partial charge in [0.2, 0.25) is 0 Å². The second-order valence-electron chi connectivity index (χ2n) is 4.81. The van der Waals surface area contributed by atoms with Crippen molar-refractivity contribution in [2.24, 2.45) is 0 Å². The van der Waals surface area contributed by atoms with E-state index in [0.29, 0.717) is 6.61 Å². The highest BCUT2D eigenvalue weighted by atomic mass is 16.5. The SMILES string of the molecule is CCOC(C)(C)C(=O)NC(CC)c1ncnn1CC. The van der Waals surface area contributed by atoms with Gasteiger partial charge in [-0.1, -0.05) is 6.92 Å². The van der Waals surface area contributed by atoms with Gasteiger partial charge in [0, 0.05) is 13.2 Å². The van der Waals surface area contributed by atoms with Gasteiger partial charge in [0.15, 0.2) is 0 Å². The van der Waals surface area contributed by atoms with Crippen molar-refractivity contribution in [3.8, 4) is 0 Å². The lowest BCUT2D eigenvalue weighted by Gasteiger charge is -2.26. The van der Waals surface area contributed by atoms with E-state index in [-0.39, 0.29) is 11.9 Å². The molecule has 1 unspecified atom stereocenters. The van der Waals surface area contributed by atoms with E-state index in [2.05, 4.69) is 15.4 Å². The van der Waals surface area contributed by atoms with Crippen LogP contribution in [0.2, 0.25) is 0 Å². The lowest BCUT2D eigenvalue weighted by Crippen LogP contribution is -2.46. The van der Waals surface area contributed by atoms with Gasteiger partial charge < -0.3 is 10.1 Å².